The van der Waals surface area contributed by atoms with Gasteiger partial charge in [0.25, 0.3) is 0 Å². The van der Waals surface area contributed by atoms with Gasteiger partial charge in [0.05, 0.1) is 6.10 Å². The van der Waals surface area contributed by atoms with Gasteiger partial charge in [-0.2, -0.15) is 0 Å². The monoisotopic (exact) mass is 234 g/mol. The predicted molar refractivity (Wildman–Crippen MR) is 62.1 cm³/mol. The van der Waals surface area contributed by atoms with E-state index >= 15 is 0 Å². The van der Waals surface area contributed by atoms with Crippen molar-refractivity contribution in [2.24, 2.45) is 5.92 Å². The molecule has 1 rings (SSSR count). The van der Waals surface area contributed by atoms with Crippen molar-refractivity contribution in [3.05, 3.63) is 0 Å². The molecule has 3 unspecified atom stereocenters. The summed E-state index contributed by atoms with van der Waals surface area (Å²) in [6.07, 6.45) is 6.45. The van der Waals surface area contributed by atoms with Crippen LogP contribution in [0.5, 0.6) is 0 Å². The van der Waals surface area contributed by atoms with Gasteiger partial charge in [0.15, 0.2) is 0 Å². The van der Waals surface area contributed by atoms with Crippen LogP contribution in [0.15, 0.2) is 0 Å². The molecule has 1 aliphatic carbocycles. The van der Waals surface area contributed by atoms with Crippen LogP contribution in [0.4, 0.5) is 0 Å². The summed E-state index contributed by atoms with van der Waals surface area (Å²) in [5.74, 6) is 0.431. The minimum atomic E-state index is -3.31. The van der Waals surface area contributed by atoms with Gasteiger partial charge in [-0.05, 0) is 25.2 Å². The van der Waals surface area contributed by atoms with Gasteiger partial charge in [-0.25, -0.2) is 0 Å². The van der Waals surface area contributed by atoms with Gasteiger partial charge in [-0.15, -0.1) is 0 Å². The van der Waals surface area contributed by atoms with E-state index < -0.39 is 7.60 Å². The largest absolute Gasteiger partial charge is 0.328 e. The van der Waals surface area contributed by atoms with Gasteiger partial charge in [0, 0.05) is 6.16 Å². The molecule has 1 saturated carbocycles. The Morgan fingerprint density at radius 2 is 2.07 bits per heavy atom. The van der Waals surface area contributed by atoms with E-state index in [1.54, 1.807) is 0 Å². The van der Waals surface area contributed by atoms with Crippen LogP contribution in [0.3, 0.4) is 0 Å². The highest BCUT2D eigenvalue weighted by Crippen LogP contribution is 2.47. The van der Waals surface area contributed by atoms with E-state index in [0.29, 0.717) is 12.1 Å². The molecule has 0 amide bonds. The SMILES string of the molecule is CCCCP(=O)(O)OC1CCCCC1C. The summed E-state index contributed by atoms with van der Waals surface area (Å²) in [6.45, 7) is 4.13. The van der Waals surface area contributed by atoms with Crippen molar-refractivity contribution >= 4 is 7.60 Å². The van der Waals surface area contributed by atoms with Crippen molar-refractivity contribution in [1.29, 1.82) is 0 Å². The van der Waals surface area contributed by atoms with Gasteiger partial charge in [-0.3, -0.25) is 4.57 Å². The fourth-order valence-corrected chi connectivity index (χ4v) is 3.62. The highest BCUT2D eigenvalue weighted by molar-refractivity contribution is 7.52. The minimum absolute atomic E-state index is 0.00596. The molecule has 0 saturated heterocycles. The lowest BCUT2D eigenvalue weighted by atomic mass is 9.88. The average Bonchev–Trinajstić information content (AvgIpc) is 2.18. The molecule has 0 aliphatic heterocycles. The lowest BCUT2D eigenvalue weighted by Gasteiger charge is -2.30. The molecule has 0 aromatic heterocycles. The second-order valence-electron chi connectivity index (χ2n) is 4.62. The molecule has 3 atom stereocenters. The van der Waals surface area contributed by atoms with Crippen molar-refractivity contribution in [3.8, 4) is 0 Å². The van der Waals surface area contributed by atoms with Crippen molar-refractivity contribution in [3.63, 3.8) is 0 Å². The number of hydrogen-bond donors (Lipinski definition) is 1. The molecule has 0 bridgehead atoms. The molecular weight excluding hydrogens is 211 g/mol. The fourth-order valence-electron chi connectivity index (χ4n) is 2.06. The maximum atomic E-state index is 11.7. The van der Waals surface area contributed by atoms with Gasteiger partial charge < -0.3 is 9.42 Å². The molecule has 1 fully saturated rings. The molecule has 4 heteroatoms. The van der Waals surface area contributed by atoms with E-state index in [4.69, 9.17) is 4.52 Å². The maximum Gasteiger partial charge on any atom is 0.328 e. The first-order valence-corrected chi connectivity index (χ1v) is 7.81. The van der Waals surface area contributed by atoms with E-state index in [0.717, 1.165) is 32.1 Å². The van der Waals surface area contributed by atoms with E-state index in [1.165, 1.54) is 6.42 Å². The van der Waals surface area contributed by atoms with E-state index in [1.807, 2.05) is 6.92 Å². The Balaban J connectivity index is 2.40. The first-order valence-electron chi connectivity index (χ1n) is 6.05. The second-order valence-corrected chi connectivity index (χ2v) is 6.55. The zero-order chi connectivity index (χ0) is 11.3. The van der Waals surface area contributed by atoms with Crippen molar-refractivity contribution in [1.82, 2.24) is 0 Å². The summed E-state index contributed by atoms with van der Waals surface area (Å²) in [6, 6.07) is 0. The molecule has 0 radical (unpaired) electrons. The van der Waals surface area contributed by atoms with E-state index in [9.17, 15) is 9.46 Å². The molecule has 0 aromatic rings. The standard InChI is InChI=1S/C11H23O3P/c1-3-4-9-15(12,13)14-11-8-6-5-7-10(11)2/h10-11H,3-9H2,1-2H3,(H,12,13). The molecule has 0 aromatic carbocycles. The summed E-state index contributed by atoms with van der Waals surface area (Å²) in [5.41, 5.74) is 0. The Bertz CT molecular complexity index is 230. The fraction of sp³-hybridized carbons (Fsp3) is 1.00. The van der Waals surface area contributed by atoms with E-state index in [-0.39, 0.29) is 6.10 Å². The van der Waals surface area contributed by atoms with Crippen molar-refractivity contribution < 1.29 is 14.0 Å². The third kappa shape index (κ3) is 4.67. The molecular formula is C11H23O3P. The van der Waals surface area contributed by atoms with Crippen molar-refractivity contribution in [2.75, 3.05) is 6.16 Å². The van der Waals surface area contributed by atoms with Crippen LogP contribution in [0.1, 0.15) is 52.4 Å². The maximum absolute atomic E-state index is 11.7. The molecule has 0 heterocycles. The molecule has 1 aliphatic rings. The zero-order valence-corrected chi connectivity index (χ0v) is 10.7. The summed E-state index contributed by atoms with van der Waals surface area (Å²) < 4.78 is 17.1. The Labute approximate surface area is 92.8 Å². The third-order valence-electron chi connectivity index (χ3n) is 3.13. The quantitative estimate of drug-likeness (QED) is 0.740. The van der Waals surface area contributed by atoms with Crippen LogP contribution in [-0.2, 0) is 9.09 Å². The Hall–Kier alpha value is 0.150. The molecule has 15 heavy (non-hydrogen) atoms. The smallest absolute Gasteiger partial charge is 0.324 e. The van der Waals surface area contributed by atoms with Crippen LogP contribution >= 0.6 is 7.60 Å². The summed E-state index contributed by atoms with van der Waals surface area (Å²) in [5, 5.41) is 0. The van der Waals surface area contributed by atoms with Gasteiger partial charge >= 0.3 is 7.60 Å². The predicted octanol–water partition coefficient (Wildman–Crippen LogP) is 3.57. The lowest BCUT2D eigenvalue weighted by Crippen LogP contribution is -2.24. The molecule has 90 valence electrons. The average molecular weight is 234 g/mol. The number of unbranched alkanes of at least 4 members (excludes halogenated alkanes) is 1. The van der Waals surface area contributed by atoms with Crippen LogP contribution < -0.4 is 0 Å². The summed E-state index contributed by atoms with van der Waals surface area (Å²) >= 11 is 0. The highest BCUT2D eigenvalue weighted by Gasteiger charge is 2.29. The third-order valence-corrected chi connectivity index (χ3v) is 4.61. The molecule has 1 N–H and O–H groups in total. The Kier molecular flexibility index (Phi) is 5.31. The van der Waals surface area contributed by atoms with Gasteiger partial charge in [0.2, 0.25) is 0 Å². The van der Waals surface area contributed by atoms with Crippen LogP contribution in [0.25, 0.3) is 0 Å². The Morgan fingerprint density at radius 3 is 2.67 bits per heavy atom. The topological polar surface area (TPSA) is 46.5 Å². The van der Waals surface area contributed by atoms with Crippen LogP contribution in [0.2, 0.25) is 0 Å². The first kappa shape index (κ1) is 13.2. The second kappa shape index (κ2) is 6.03. The van der Waals surface area contributed by atoms with Crippen molar-refractivity contribution in [2.45, 2.75) is 58.5 Å². The Morgan fingerprint density at radius 1 is 1.40 bits per heavy atom. The minimum Gasteiger partial charge on any atom is -0.324 e. The molecule has 3 nitrogen and oxygen atoms in total. The highest BCUT2D eigenvalue weighted by atomic mass is 31.2. The zero-order valence-electron chi connectivity index (χ0n) is 9.82. The number of hydrogen-bond acceptors (Lipinski definition) is 2. The summed E-state index contributed by atoms with van der Waals surface area (Å²) in [4.78, 5) is 9.65. The van der Waals surface area contributed by atoms with Crippen LogP contribution in [-0.4, -0.2) is 17.2 Å². The molecule has 0 spiro atoms. The normalized spacial score (nSPS) is 31.1. The van der Waals surface area contributed by atoms with Gasteiger partial charge in [-0.1, -0.05) is 33.1 Å². The number of rotatable bonds is 5. The van der Waals surface area contributed by atoms with Gasteiger partial charge in [0.1, 0.15) is 0 Å². The van der Waals surface area contributed by atoms with Crippen LogP contribution in [0, 0.1) is 5.92 Å². The lowest BCUT2D eigenvalue weighted by molar-refractivity contribution is 0.0888. The first-order chi connectivity index (χ1) is 7.05. The van der Waals surface area contributed by atoms with E-state index in [2.05, 4.69) is 6.92 Å². The summed E-state index contributed by atoms with van der Waals surface area (Å²) in [7, 11) is -3.31.